The van der Waals surface area contributed by atoms with Gasteiger partial charge in [0.1, 0.15) is 0 Å². The monoisotopic (exact) mass is 326 g/mol. The molecule has 1 aliphatic rings. The number of piperidine rings is 1. The summed E-state index contributed by atoms with van der Waals surface area (Å²) < 4.78 is 0. The normalized spacial score (nSPS) is 16.7. The topological polar surface area (TPSA) is 32.3 Å². The molecule has 1 N–H and O–H groups in total. The van der Waals surface area contributed by atoms with E-state index in [1.54, 1.807) is 6.08 Å². The van der Waals surface area contributed by atoms with Crippen LogP contribution in [-0.4, -0.2) is 30.4 Å². The van der Waals surface area contributed by atoms with Crippen molar-refractivity contribution < 1.29 is 4.79 Å². The Hall–Kier alpha value is -1.03. The number of hydrogen-bond acceptors (Lipinski definition) is 2. The first-order valence-electron chi connectivity index (χ1n) is 7.15. The number of carbonyl (C=O) groups is 1. The molecule has 0 unspecified atom stereocenters. The van der Waals surface area contributed by atoms with E-state index >= 15 is 0 Å². The van der Waals surface area contributed by atoms with Crippen LogP contribution in [0, 0.1) is 5.92 Å². The van der Waals surface area contributed by atoms with Crippen LogP contribution in [0.2, 0.25) is 10.0 Å². The van der Waals surface area contributed by atoms with Crippen molar-refractivity contribution in [2.24, 2.45) is 5.92 Å². The first-order chi connectivity index (χ1) is 10.1. The molecule has 1 fully saturated rings. The highest BCUT2D eigenvalue weighted by atomic mass is 35.5. The number of nitrogens with one attached hydrogen (secondary N) is 1. The predicted molar refractivity (Wildman–Crippen MR) is 87.7 cm³/mol. The van der Waals surface area contributed by atoms with E-state index in [0.717, 1.165) is 38.0 Å². The summed E-state index contributed by atoms with van der Waals surface area (Å²) >= 11 is 12.4. The standard InChI is InChI=1S/C16H20Cl2N2O/c1-2-8-19-16(21)12-6-9-20(10-7-12)11-13-14(17)4-3-5-15(13)18/h2-5,12H,1,6-11H2,(H,19,21). The molecule has 0 radical (unpaired) electrons. The van der Waals surface area contributed by atoms with E-state index < -0.39 is 0 Å². The molecule has 0 aliphatic carbocycles. The predicted octanol–water partition coefficient (Wildman–Crippen LogP) is 3.51. The first-order valence-corrected chi connectivity index (χ1v) is 7.91. The van der Waals surface area contributed by atoms with Gasteiger partial charge >= 0.3 is 0 Å². The van der Waals surface area contributed by atoms with Crippen molar-refractivity contribution in [3.8, 4) is 0 Å². The largest absolute Gasteiger partial charge is 0.352 e. The third-order valence-corrected chi connectivity index (χ3v) is 4.53. The average Bonchev–Trinajstić information content (AvgIpc) is 2.49. The van der Waals surface area contributed by atoms with E-state index in [2.05, 4.69) is 16.8 Å². The zero-order valence-electron chi connectivity index (χ0n) is 11.9. The van der Waals surface area contributed by atoms with Crippen LogP contribution in [0.4, 0.5) is 0 Å². The van der Waals surface area contributed by atoms with E-state index in [1.165, 1.54) is 0 Å². The highest BCUT2D eigenvalue weighted by Crippen LogP contribution is 2.27. The van der Waals surface area contributed by atoms with Crippen molar-refractivity contribution in [3.63, 3.8) is 0 Å². The molecule has 1 heterocycles. The molecule has 0 aromatic heterocycles. The average molecular weight is 327 g/mol. The molecule has 0 atom stereocenters. The van der Waals surface area contributed by atoms with Gasteiger partial charge in [-0.05, 0) is 38.1 Å². The number of likely N-dealkylation sites (tertiary alicyclic amines) is 1. The van der Waals surface area contributed by atoms with E-state index in [9.17, 15) is 4.79 Å². The third kappa shape index (κ3) is 4.47. The van der Waals surface area contributed by atoms with Crippen LogP contribution < -0.4 is 5.32 Å². The number of rotatable bonds is 5. The molecule has 5 heteroatoms. The minimum Gasteiger partial charge on any atom is -0.352 e. The molecule has 0 bridgehead atoms. The van der Waals surface area contributed by atoms with Gasteiger partial charge in [0.2, 0.25) is 5.91 Å². The van der Waals surface area contributed by atoms with Crippen LogP contribution in [0.3, 0.4) is 0 Å². The molecule has 1 amide bonds. The van der Waals surface area contributed by atoms with Crippen LogP contribution in [0.5, 0.6) is 0 Å². The van der Waals surface area contributed by atoms with Crippen LogP contribution in [0.25, 0.3) is 0 Å². The summed E-state index contributed by atoms with van der Waals surface area (Å²) in [6, 6.07) is 5.57. The van der Waals surface area contributed by atoms with Crippen LogP contribution in [0.15, 0.2) is 30.9 Å². The Kier molecular flexibility index (Phi) is 6.09. The van der Waals surface area contributed by atoms with Gasteiger partial charge in [-0.3, -0.25) is 9.69 Å². The van der Waals surface area contributed by atoms with Crippen molar-refractivity contribution >= 4 is 29.1 Å². The molecular formula is C16H20Cl2N2O. The van der Waals surface area contributed by atoms with Crippen molar-refractivity contribution in [2.45, 2.75) is 19.4 Å². The highest BCUT2D eigenvalue weighted by molar-refractivity contribution is 6.35. The maximum absolute atomic E-state index is 11.9. The van der Waals surface area contributed by atoms with Crippen LogP contribution in [-0.2, 0) is 11.3 Å². The molecule has 1 aromatic rings. The third-order valence-electron chi connectivity index (χ3n) is 3.82. The molecular weight excluding hydrogens is 307 g/mol. The molecule has 21 heavy (non-hydrogen) atoms. The van der Waals surface area contributed by atoms with Gasteiger partial charge < -0.3 is 5.32 Å². The zero-order chi connectivity index (χ0) is 15.2. The highest BCUT2D eigenvalue weighted by Gasteiger charge is 2.25. The molecule has 1 saturated heterocycles. The van der Waals surface area contributed by atoms with Gasteiger partial charge in [-0.15, -0.1) is 6.58 Å². The second kappa shape index (κ2) is 7.83. The lowest BCUT2D eigenvalue weighted by Crippen LogP contribution is -2.40. The molecule has 2 rings (SSSR count). The summed E-state index contributed by atoms with van der Waals surface area (Å²) in [6.45, 7) is 6.64. The fourth-order valence-electron chi connectivity index (χ4n) is 2.58. The minimum absolute atomic E-state index is 0.0999. The number of nitrogens with zero attached hydrogens (tertiary/aromatic N) is 1. The Bertz CT molecular complexity index is 491. The lowest BCUT2D eigenvalue weighted by molar-refractivity contribution is -0.126. The molecule has 3 nitrogen and oxygen atoms in total. The molecule has 0 spiro atoms. The summed E-state index contributed by atoms with van der Waals surface area (Å²) in [6.07, 6.45) is 3.43. The molecule has 0 saturated carbocycles. The van der Waals surface area contributed by atoms with E-state index in [1.807, 2.05) is 18.2 Å². The number of hydrogen-bond donors (Lipinski definition) is 1. The van der Waals surface area contributed by atoms with Crippen LogP contribution in [0.1, 0.15) is 18.4 Å². The van der Waals surface area contributed by atoms with Crippen LogP contribution >= 0.6 is 23.2 Å². The molecule has 1 aromatic carbocycles. The number of amides is 1. The van der Waals surface area contributed by atoms with Gasteiger partial charge in [0.15, 0.2) is 0 Å². The number of halogens is 2. The first kappa shape index (κ1) is 16.3. The summed E-state index contributed by atoms with van der Waals surface area (Å²) in [7, 11) is 0. The lowest BCUT2D eigenvalue weighted by Gasteiger charge is -2.31. The van der Waals surface area contributed by atoms with Crippen molar-refractivity contribution in [1.82, 2.24) is 10.2 Å². The Balaban J connectivity index is 1.87. The van der Waals surface area contributed by atoms with Gasteiger partial charge in [0.25, 0.3) is 0 Å². The fourth-order valence-corrected chi connectivity index (χ4v) is 3.09. The quantitative estimate of drug-likeness (QED) is 0.840. The maximum atomic E-state index is 11.9. The Morgan fingerprint density at radius 2 is 1.95 bits per heavy atom. The van der Waals surface area contributed by atoms with Gasteiger partial charge in [-0.1, -0.05) is 35.3 Å². The van der Waals surface area contributed by atoms with E-state index in [0.29, 0.717) is 16.6 Å². The summed E-state index contributed by atoms with van der Waals surface area (Å²) in [5.74, 6) is 0.230. The van der Waals surface area contributed by atoms with Crippen molar-refractivity contribution in [1.29, 1.82) is 0 Å². The number of carbonyl (C=O) groups excluding carboxylic acids is 1. The SMILES string of the molecule is C=CCNC(=O)C1CCN(Cc2c(Cl)cccc2Cl)CC1. The summed E-state index contributed by atoms with van der Waals surface area (Å²) in [5.41, 5.74) is 0.968. The smallest absolute Gasteiger partial charge is 0.223 e. The fraction of sp³-hybridized carbons (Fsp3) is 0.438. The van der Waals surface area contributed by atoms with Gasteiger partial charge in [-0.2, -0.15) is 0 Å². The van der Waals surface area contributed by atoms with E-state index in [4.69, 9.17) is 23.2 Å². The van der Waals surface area contributed by atoms with E-state index in [-0.39, 0.29) is 11.8 Å². The second-order valence-electron chi connectivity index (χ2n) is 5.28. The zero-order valence-corrected chi connectivity index (χ0v) is 13.5. The van der Waals surface area contributed by atoms with Crippen molar-refractivity contribution in [3.05, 3.63) is 46.5 Å². The summed E-state index contributed by atoms with van der Waals surface area (Å²) in [5, 5.41) is 4.27. The lowest BCUT2D eigenvalue weighted by atomic mass is 9.95. The Morgan fingerprint density at radius 1 is 1.33 bits per heavy atom. The second-order valence-corrected chi connectivity index (χ2v) is 6.10. The van der Waals surface area contributed by atoms with Gasteiger partial charge in [-0.25, -0.2) is 0 Å². The van der Waals surface area contributed by atoms with Gasteiger partial charge in [0.05, 0.1) is 0 Å². The summed E-state index contributed by atoms with van der Waals surface area (Å²) in [4.78, 5) is 14.2. The number of benzene rings is 1. The molecule has 1 aliphatic heterocycles. The Labute approximate surface area is 135 Å². The Morgan fingerprint density at radius 3 is 2.52 bits per heavy atom. The van der Waals surface area contributed by atoms with Crippen molar-refractivity contribution in [2.75, 3.05) is 19.6 Å². The molecule has 114 valence electrons. The van der Waals surface area contributed by atoms with Gasteiger partial charge in [0, 0.05) is 34.6 Å². The maximum Gasteiger partial charge on any atom is 0.223 e. The minimum atomic E-state index is 0.0999.